The van der Waals surface area contributed by atoms with Crippen LogP contribution in [0.3, 0.4) is 0 Å². The second-order valence-electron chi connectivity index (χ2n) is 4.42. The zero-order chi connectivity index (χ0) is 12.1. The first-order valence-corrected chi connectivity index (χ1v) is 4.96. The summed E-state index contributed by atoms with van der Waals surface area (Å²) >= 11 is 0. The number of rotatable bonds is 4. The van der Waals surface area contributed by atoms with Crippen LogP contribution in [0.4, 0.5) is 0 Å². The Morgan fingerprint density at radius 1 is 1.67 bits per heavy atom. The Kier molecular flexibility index (Phi) is 5.10. The minimum Gasteiger partial charge on any atom is -0.333 e. The predicted octanol–water partition coefficient (Wildman–Crippen LogP) is 1.15. The summed E-state index contributed by atoms with van der Waals surface area (Å²) in [5.41, 5.74) is 5.42. The van der Waals surface area contributed by atoms with Crippen LogP contribution < -0.4 is 5.73 Å². The van der Waals surface area contributed by atoms with Gasteiger partial charge in [0.1, 0.15) is 0 Å². The highest BCUT2D eigenvalue weighted by atomic mass is 16.2. The first-order chi connectivity index (χ1) is 6.84. The highest BCUT2D eigenvalue weighted by Gasteiger charge is 2.28. The zero-order valence-electron chi connectivity index (χ0n) is 9.79. The molecule has 0 radical (unpaired) electrons. The monoisotopic (exact) mass is 208 g/mol. The van der Waals surface area contributed by atoms with E-state index < -0.39 is 6.04 Å². The van der Waals surface area contributed by atoms with Crippen molar-refractivity contribution in [2.75, 3.05) is 6.54 Å². The van der Waals surface area contributed by atoms with E-state index in [2.05, 4.69) is 12.5 Å². The quantitative estimate of drug-likeness (QED) is 0.556. The molecule has 0 heterocycles. The zero-order valence-corrected chi connectivity index (χ0v) is 9.79. The lowest BCUT2D eigenvalue weighted by Gasteiger charge is -2.36. The van der Waals surface area contributed by atoms with Gasteiger partial charge in [-0.05, 0) is 20.8 Å². The highest BCUT2D eigenvalue weighted by molar-refractivity contribution is 5.82. The van der Waals surface area contributed by atoms with Crippen molar-refractivity contribution >= 4 is 5.91 Å². The van der Waals surface area contributed by atoms with E-state index in [1.54, 1.807) is 11.0 Å². The summed E-state index contributed by atoms with van der Waals surface area (Å²) in [4.78, 5) is 13.6. The molecule has 0 aromatic carbocycles. The van der Waals surface area contributed by atoms with Gasteiger partial charge >= 0.3 is 0 Å². The third-order valence-corrected chi connectivity index (χ3v) is 2.04. The normalized spacial score (nSPS) is 12.7. The lowest BCUT2D eigenvalue weighted by Crippen LogP contribution is -2.52. The molecule has 15 heavy (non-hydrogen) atoms. The molecule has 0 saturated carbocycles. The second-order valence-corrected chi connectivity index (χ2v) is 4.42. The van der Waals surface area contributed by atoms with Crippen LogP contribution in [0.2, 0.25) is 0 Å². The van der Waals surface area contributed by atoms with Gasteiger partial charge in [-0.3, -0.25) is 4.79 Å². The maximum atomic E-state index is 11.9. The van der Waals surface area contributed by atoms with Gasteiger partial charge in [-0.15, -0.1) is 18.9 Å². The van der Waals surface area contributed by atoms with Crippen LogP contribution >= 0.6 is 0 Å². The molecule has 1 unspecified atom stereocenters. The Morgan fingerprint density at radius 2 is 2.20 bits per heavy atom. The van der Waals surface area contributed by atoms with Crippen molar-refractivity contribution in [3.63, 3.8) is 0 Å². The minimum absolute atomic E-state index is 0.125. The number of hydrogen-bond acceptors (Lipinski definition) is 2. The van der Waals surface area contributed by atoms with Crippen LogP contribution in [-0.2, 0) is 4.79 Å². The number of amides is 1. The van der Waals surface area contributed by atoms with Crippen molar-refractivity contribution in [1.29, 1.82) is 0 Å². The minimum atomic E-state index is -0.617. The number of terminal acetylenes is 1. The third-order valence-electron chi connectivity index (χ3n) is 2.04. The van der Waals surface area contributed by atoms with Crippen LogP contribution in [0.5, 0.6) is 0 Å². The molecule has 0 saturated heterocycles. The molecule has 3 nitrogen and oxygen atoms in total. The Balaban J connectivity index is 4.71. The summed E-state index contributed by atoms with van der Waals surface area (Å²) in [5, 5.41) is 0. The lowest BCUT2D eigenvalue weighted by molar-refractivity contribution is -0.136. The molecule has 3 heteroatoms. The Morgan fingerprint density at radius 3 is 2.53 bits per heavy atom. The number of nitrogens with zero attached hydrogens (tertiary/aromatic N) is 1. The fraction of sp³-hybridized carbons (Fsp3) is 0.583. The Hall–Kier alpha value is -1.27. The largest absolute Gasteiger partial charge is 0.333 e. The summed E-state index contributed by atoms with van der Waals surface area (Å²) in [6.45, 7) is 9.98. The van der Waals surface area contributed by atoms with Gasteiger partial charge < -0.3 is 10.6 Å². The topological polar surface area (TPSA) is 46.3 Å². The van der Waals surface area contributed by atoms with E-state index in [1.807, 2.05) is 20.8 Å². The van der Waals surface area contributed by atoms with E-state index in [1.165, 1.54) is 0 Å². The van der Waals surface area contributed by atoms with E-state index in [0.29, 0.717) is 6.54 Å². The number of nitrogens with two attached hydrogens (primary N) is 1. The summed E-state index contributed by atoms with van der Waals surface area (Å²) < 4.78 is 0. The van der Waals surface area contributed by atoms with Crippen LogP contribution in [0.25, 0.3) is 0 Å². The van der Waals surface area contributed by atoms with Gasteiger partial charge in [0, 0.05) is 18.5 Å². The lowest BCUT2D eigenvalue weighted by atomic mass is 10.0. The summed E-state index contributed by atoms with van der Waals surface area (Å²) in [7, 11) is 0. The molecule has 0 aromatic rings. The van der Waals surface area contributed by atoms with E-state index in [-0.39, 0.29) is 17.9 Å². The van der Waals surface area contributed by atoms with Crippen molar-refractivity contribution in [3.8, 4) is 12.3 Å². The molecule has 1 amide bonds. The van der Waals surface area contributed by atoms with Crippen molar-refractivity contribution in [2.24, 2.45) is 5.73 Å². The predicted molar refractivity (Wildman–Crippen MR) is 63.1 cm³/mol. The van der Waals surface area contributed by atoms with Gasteiger partial charge in [0.05, 0.1) is 6.04 Å². The Bertz CT molecular complexity index is 270. The Labute approximate surface area is 92.3 Å². The van der Waals surface area contributed by atoms with Gasteiger partial charge in [-0.1, -0.05) is 6.08 Å². The fourth-order valence-corrected chi connectivity index (χ4v) is 1.24. The maximum Gasteiger partial charge on any atom is 0.241 e. The molecule has 0 aliphatic carbocycles. The van der Waals surface area contributed by atoms with Crippen LogP contribution in [-0.4, -0.2) is 28.9 Å². The maximum absolute atomic E-state index is 11.9. The third kappa shape index (κ3) is 4.18. The van der Waals surface area contributed by atoms with Gasteiger partial charge in [0.15, 0.2) is 0 Å². The van der Waals surface area contributed by atoms with E-state index in [0.717, 1.165) is 0 Å². The van der Waals surface area contributed by atoms with E-state index in [4.69, 9.17) is 12.2 Å². The van der Waals surface area contributed by atoms with Gasteiger partial charge in [-0.25, -0.2) is 0 Å². The van der Waals surface area contributed by atoms with E-state index in [9.17, 15) is 4.79 Å². The molecule has 84 valence electrons. The van der Waals surface area contributed by atoms with E-state index >= 15 is 0 Å². The van der Waals surface area contributed by atoms with Crippen molar-refractivity contribution in [2.45, 2.75) is 38.8 Å². The molecular formula is C12H20N2O. The molecule has 0 spiro atoms. The van der Waals surface area contributed by atoms with Crippen molar-refractivity contribution in [3.05, 3.63) is 12.7 Å². The van der Waals surface area contributed by atoms with Gasteiger partial charge in [0.25, 0.3) is 0 Å². The van der Waals surface area contributed by atoms with Crippen molar-refractivity contribution in [1.82, 2.24) is 4.90 Å². The van der Waals surface area contributed by atoms with Crippen LogP contribution in [0.1, 0.15) is 27.2 Å². The number of carbonyl (C=O) groups is 1. The molecule has 0 fully saturated rings. The average molecular weight is 208 g/mol. The smallest absolute Gasteiger partial charge is 0.241 e. The molecule has 0 bridgehead atoms. The molecule has 1 atom stereocenters. The van der Waals surface area contributed by atoms with Crippen LogP contribution in [0.15, 0.2) is 12.7 Å². The molecule has 0 aliphatic rings. The first kappa shape index (κ1) is 13.7. The highest BCUT2D eigenvalue weighted by Crippen LogP contribution is 2.14. The molecule has 0 aliphatic heterocycles. The molecular weight excluding hydrogens is 188 g/mol. The summed E-state index contributed by atoms with van der Waals surface area (Å²) in [6, 6.07) is -0.617. The molecule has 0 rings (SSSR count). The second kappa shape index (κ2) is 5.57. The summed E-state index contributed by atoms with van der Waals surface area (Å²) in [5.74, 6) is 2.27. The molecule has 2 N–H and O–H groups in total. The molecule has 0 aromatic heterocycles. The summed E-state index contributed by atoms with van der Waals surface area (Å²) in [6.07, 6.45) is 7.08. The SMILES string of the molecule is C#CCC(N)C(=O)N(CC=C)C(C)(C)C. The van der Waals surface area contributed by atoms with Gasteiger partial charge in [-0.2, -0.15) is 0 Å². The fourth-order valence-electron chi connectivity index (χ4n) is 1.24. The standard InChI is InChI=1S/C12H20N2O/c1-6-8-10(13)11(15)14(9-7-2)12(3,4)5/h1,7,10H,2,8-9,13H2,3-5H3. The first-order valence-electron chi connectivity index (χ1n) is 4.96. The van der Waals surface area contributed by atoms with Gasteiger partial charge in [0.2, 0.25) is 5.91 Å². The average Bonchev–Trinajstić information content (AvgIpc) is 2.11. The number of carbonyl (C=O) groups excluding carboxylic acids is 1. The van der Waals surface area contributed by atoms with Crippen LogP contribution in [0, 0.1) is 12.3 Å². The van der Waals surface area contributed by atoms with Crippen molar-refractivity contribution < 1.29 is 4.79 Å². The number of hydrogen-bond donors (Lipinski definition) is 1.